The van der Waals surface area contributed by atoms with Gasteiger partial charge in [0.05, 0.1) is 22.7 Å². The predicted molar refractivity (Wildman–Crippen MR) is 74.3 cm³/mol. The molecule has 0 radical (unpaired) electrons. The number of nitrogen functional groups attached to an aromatic ring is 3. The van der Waals surface area contributed by atoms with Crippen molar-refractivity contribution in [2.75, 3.05) is 17.2 Å². The first-order chi connectivity index (χ1) is 8.11. The normalized spacial score (nSPS) is 10.1. The molecule has 4 heteroatoms. The van der Waals surface area contributed by atoms with Crippen molar-refractivity contribution in [3.05, 3.63) is 36.4 Å². The van der Waals surface area contributed by atoms with Crippen LogP contribution >= 0.6 is 0 Å². The molecule has 0 fully saturated rings. The molecule has 0 unspecified atom stereocenters. The van der Waals surface area contributed by atoms with Crippen LogP contribution in [0, 0.1) is 0 Å². The summed E-state index contributed by atoms with van der Waals surface area (Å²) >= 11 is 0. The van der Waals surface area contributed by atoms with Crippen LogP contribution in [0.2, 0.25) is 0 Å². The molecule has 2 aromatic rings. The Bertz CT molecular complexity index is 576. The molecule has 0 aliphatic rings. The van der Waals surface area contributed by atoms with Crippen molar-refractivity contribution in [3.63, 3.8) is 0 Å². The second kappa shape index (κ2) is 4.17. The van der Waals surface area contributed by atoms with Gasteiger partial charge >= 0.3 is 0 Å². The van der Waals surface area contributed by atoms with Crippen LogP contribution in [-0.2, 0) is 0 Å². The van der Waals surface area contributed by atoms with Gasteiger partial charge in [-0.3, -0.25) is 4.99 Å². The van der Waals surface area contributed by atoms with Gasteiger partial charge in [-0.2, -0.15) is 0 Å². The van der Waals surface area contributed by atoms with Crippen molar-refractivity contribution in [3.8, 4) is 11.1 Å². The van der Waals surface area contributed by atoms with E-state index in [1.54, 1.807) is 6.07 Å². The van der Waals surface area contributed by atoms with E-state index in [1.165, 1.54) is 0 Å². The molecular weight excluding hydrogens is 212 g/mol. The van der Waals surface area contributed by atoms with E-state index in [4.69, 9.17) is 17.2 Å². The summed E-state index contributed by atoms with van der Waals surface area (Å²) in [6, 6.07) is 11.1. The minimum absolute atomic E-state index is 0.562. The van der Waals surface area contributed by atoms with Crippen molar-refractivity contribution < 1.29 is 0 Å². The van der Waals surface area contributed by atoms with Crippen molar-refractivity contribution in [2.45, 2.75) is 0 Å². The van der Waals surface area contributed by atoms with Crippen LogP contribution in [0.1, 0.15) is 0 Å². The third-order valence-corrected chi connectivity index (χ3v) is 2.62. The average Bonchev–Trinajstić information content (AvgIpc) is 2.32. The molecule has 0 amide bonds. The third-order valence-electron chi connectivity index (χ3n) is 2.62. The van der Waals surface area contributed by atoms with Crippen LogP contribution in [0.4, 0.5) is 22.7 Å². The molecule has 4 nitrogen and oxygen atoms in total. The molecule has 0 saturated carbocycles. The monoisotopic (exact) mass is 226 g/mol. The molecule has 17 heavy (non-hydrogen) atoms. The number of hydrogen-bond acceptors (Lipinski definition) is 4. The van der Waals surface area contributed by atoms with E-state index in [1.807, 2.05) is 30.3 Å². The van der Waals surface area contributed by atoms with Gasteiger partial charge < -0.3 is 17.2 Å². The zero-order chi connectivity index (χ0) is 12.4. The van der Waals surface area contributed by atoms with E-state index in [0.717, 1.165) is 11.1 Å². The van der Waals surface area contributed by atoms with Gasteiger partial charge in [-0.1, -0.05) is 12.1 Å². The summed E-state index contributed by atoms with van der Waals surface area (Å²) in [6.45, 7) is 3.45. The smallest absolute Gasteiger partial charge is 0.0852 e. The summed E-state index contributed by atoms with van der Waals surface area (Å²) in [7, 11) is 0. The van der Waals surface area contributed by atoms with E-state index in [9.17, 15) is 0 Å². The molecule has 0 aliphatic heterocycles. The van der Waals surface area contributed by atoms with Gasteiger partial charge in [0, 0.05) is 0 Å². The Morgan fingerprint density at radius 3 is 1.88 bits per heavy atom. The number of hydrogen-bond donors (Lipinski definition) is 3. The van der Waals surface area contributed by atoms with E-state index in [-0.39, 0.29) is 0 Å². The molecule has 0 aliphatic carbocycles. The summed E-state index contributed by atoms with van der Waals surface area (Å²) in [4.78, 5) is 3.82. The van der Waals surface area contributed by atoms with Crippen LogP contribution in [0.15, 0.2) is 41.4 Å². The van der Waals surface area contributed by atoms with Gasteiger partial charge in [-0.25, -0.2) is 0 Å². The van der Waals surface area contributed by atoms with Gasteiger partial charge in [-0.05, 0) is 42.1 Å². The Morgan fingerprint density at radius 1 is 0.765 bits per heavy atom. The molecule has 0 heterocycles. The number of anilines is 3. The van der Waals surface area contributed by atoms with Crippen molar-refractivity contribution in [2.24, 2.45) is 4.99 Å². The quantitative estimate of drug-likeness (QED) is 0.542. The lowest BCUT2D eigenvalue weighted by atomic mass is 10.0. The zero-order valence-corrected chi connectivity index (χ0v) is 9.35. The molecule has 0 aromatic heterocycles. The van der Waals surface area contributed by atoms with E-state index in [2.05, 4.69) is 11.7 Å². The molecule has 86 valence electrons. The Labute approximate surface area is 99.8 Å². The highest BCUT2D eigenvalue weighted by atomic mass is 14.7. The van der Waals surface area contributed by atoms with E-state index in [0.29, 0.717) is 22.7 Å². The van der Waals surface area contributed by atoms with E-state index < -0.39 is 0 Å². The standard InChI is InChI=1S/C13H14N4/c1-17-13-5-3-9(7-12(13)16)8-2-4-10(14)11(15)6-8/h2-7H,1,14-16H2. The lowest BCUT2D eigenvalue weighted by molar-refractivity contribution is 1.53. The van der Waals surface area contributed by atoms with Crippen molar-refractivity contribution in [1.29, 1.82) is 0 Å². The molecule has 0 spiro atoms. The van der Waals surface area contributed by atoms with Crippen molar-refractivity contribution >= 4 is 29.5 Å². The Hall–Kier alpha value is -2.49. The summed E-state index contributed by atoms with van der Waals surface area (Å²) < 4.78 is 0. The summed E-state index contributed by atoms with van der Waals surface area (Å²) in [6.07, 6.45) is 0. The largest absolute Gasteiger partial charge is 0.397 e. The van der Waals surface area contributed by atoms with Gasteiger partial charge in [-0.15, -0.1) is 0 Å². The maximum Gasteiger partial charge on any atom is 0.0852 e. The summed E-state index contributed by atoms with van der Waals surface area (Å²) in [5, 5.41) is 0. The summed E-state index contributed by atoms with van der Waals surface area (Å²) in [5.74, 6) is 0. The molecule has 2 rings (SSSR count). The van der Waals surface area contributed by atoms with Crippen molar-refractivity contribution in [1.82, 2.24) is 0 Å². The predicted octanol–water partition coefficient (Wildman–Crippen LogP) is 2.43. The fraction of sp³-hybridized carbons (Fsp3) is 0. The minimum atomic E-state index is 0.562. The van der Waals surface area contributed by atoms with E-state index >= 15 is 0 Å². The molecular formula is C13H14N4. The topological polar surface area (TPSA) is 90.4 Å². The average molecular weight is 226 g/mol. The highest BCUT2D eigenvalue weighted by Crippen LogP contribution is 2.30. The number of aliphatic imine (C=N–C) groups is 1. The van der Waals surface area contributed by atoms with Gasteiger partial charge in [0.2, 0.25) is 0 Å². The first kappa shape index (κ1) is 11.0. The number of nitrogens with zero attached hydrogens (tertiary/aromatic N) is 1. The van der Waals surface area contributed by atoms with Gasteiger partial charge in [0.1, 0.15) is 0 Å². The fourth-order valence-electron chi connectivity index (χ4n) is 1.63. The lowest BCUT2D eigenvalue weighted by Gasteiger charge is -2.07. The molecule has 0 atom stereocenters. The number of nitrogens with two attached hydrogens (primary N) is 3. The summed E-state index contributed by atoms with van der Waals surface area (Å²) in [5.41, 5.74) is 21.6. The Balaban J connectivity index is 2.49. The lowest BCUT2D eigenvalue weighted by Crippen LogP contribution is -1.94. The molecule has 6 N–H and O–H groups in total. The van der Waals surface area contributed by atoms with Gasteiger partial charge in [0.25, 0.3) is 0 Å². The van der Waals surface area contributed by atoms with Gasteiger partial charge in [0.15, 0.2) is 0 Å². The third kappa shape index (κ3) is 2.06. The second-order valence-electron chi connectivity index (χ2n) is 3.78. The first-order valence-electron chi connectivity index (χ1n) is 5.13. The Morgan fingerprint density at radius 2 is 1.35 bits per heavy atom. The fourth-order valence-corrected chi connectivity index (χ4v) is 1.63. The maximum absolute atomic E-state index is 5.85. The number of benzene rings is 2. The molecule has 0 bridgehead atoms. The highest BCUT2D eigenvalue weighted by Gasteiger charge is 2.03. The highest BCUT2D eigenvalue weighted by molar-refractivity contribution is 5.79. The SMILES string of the molecule is C=Nc1ccc(-c2ccc(N)c(N)c2)cc1N. The molecule has 0 saturated heterocycles. The second-order valence-corrected chi connectivity index (χ2v) is 3.78. The zero-order valence-electron chi connectivity index (χ0n) is 9.35. The van der Waals surface area contributed by atoms with Crippen LogP contribution in [0.25, 0.3) is 11.1 Å². The Kier molecular flexibility index (Phi) is 2.70. The minimum Gasteiger partial charge on any atom is -0.397 e. The van der Waals surface area contributed by atoms with Crippen LogP contribution in [0.3, 0.4) is 0 Å². The number of rotatable bonds is 2. The molecule has 2 aromatic carbocycles. The van der Waals surface area contributed by atoms with Crippen LogP contribution in [0.5, 0.6) is 0 Å². The first-order valence-corrected chi connectivity index (χ1v) is 5.13. The van der Waals surface area contributed by atoms with Crippen LogP contribution < -0.4 is 17.2 Å². The van der Waals surface area contributed by atoms with Crippen LogP contribution in [-0.4, -0.2) is 6.72 Å². The maximum atomic E-state index is 5.85.